The van der Waals surface area contributed by atoms with Crippen LogP contribution in [-0.4, -0.2) is 24.8 Å². The van der Waals surface area contributed by atoms with Crippen LogP contribution in [0.1, 0.15) is 11.1 Å². The maximum atomic E-state index is 11.8. The van der Waals surface area contributed by atoms with Crippen molar-refractivity contribution in [3.8, 4) is 5.75 Å². The Morgan fingerprint density at radius 1 is 1.25 bits per heavy atom. The fraction of sp³-hybridized carbons (Fsp3) is 0.278. The maximum absolute atomic E-state index is 11.8. The van der Waals surface area contributed by atoms with E-state index in [2.05, 4.69) is 52.4 Å². The van der Waals surface area contributed by atoms with Gasteiger partial charge in [-0.2, -0.15) is 11.8 Å². The van der Waals surface area contributed by atoms with Gasteiger partial charge >= 0.3 is 0 Å². The van der Waals surface area contributed by atoms with E-state index in [0.717, 1.165) is 16.0 Å². The molecule has 0 aliphatic rings. The summed E-state index contributed by atoms with van der Waals surface area (Å²) >= 11 is 11.2. The molecule has 0 aromatic heterocycles. The number of hydrogen-bond donors (Lipinski definition) is 1. The highest BCUT2D eigenvalue weighted by atomic mass is 79.9. The summed E-state index contributed by atoms with van der Waals surface area (Å²) in [7, 11) is 0. The summed E-state index contributed by atoms with van der Waals surface area (Å²) in [6.45, 7) is 2.66. The minimum atomic E-state index is -0.148. The summed E-state index contributed by atoms with van der Waals surface area (Å²) in [6.07, 6.45) is 0. The van der Waals surface area contributed by atoms with Crippen LogP contribution in [0.5, 0.6) is 5.75 Å². The summed E-state index contributed by atoms with van der Waals surface area (Å²) in [5, 5.41) is 3.32. The molecule has 0 saturated carbocycles. The maximum Gasteiger partial charge on any atom is 0.257 e. The zero-order chi connectivity index (χ0) is 17.4. The second kappa shape index (κ2) is 9.97. The van der Waals surface area contributed by atoms with E-state index >= 15 is 0 Å². The van der Waals surface area contributed by atoms with Gasteiger partial charge in [-0.1, -0.05) is 57.4 Å². The number of aryl methyl sites for hydroxylation is 1. The Hall–Kier alpha value is -1.17. The van der Waals surface area contributed by atoms with Gasteiger partial charge in [0.25, 0.3) is 5.91 Å². The van der Waals surface area contributed by atoms with Crippen LogP contribution < -0.4 is 10.1 Å². The first-order chi connectivity index (χ1) is 11.5. The lowest BCUT2D eigenvalue weighted by Crippen LogP contribution is -2.30. The molecule has 0 atom stereocenters. The van der Waals surface area contributed by atoms with Crippen molar-refractivity contribution >= 4 is 45.2 Å². The normalized spacial score (nSPS) is 10.5. The molecule has 0 bridgehead atoms. The van der Waals surface area contributed by atoms with E-state index in [1.54, 1.807) is 23.9 Å². The minimum absolute atomic E-state index is 0.0377. The molecular formula is C18H19BrClNO2S. The molecule has 2 aromatic carbocycles. The van der Waals surface area contributed by atoms with E-state index in [1.807, 2.05) is 6.07 Å². The third-order valence-electron chi connectivity index (χ3n) is 3.21. The summed E-state index contributed by atoms with van der Waals surface area (Å²) < 4.78 is 6.29. The second-order valence-corrected chi connectivity index (χ2v) is 7.68. The molecule has 0 saturated heterocycles. The van der Waals surface area contributed by atoms with Gasteiger partial charge in [-0.25, -0.2) is 0 Å². The zero-order valence-electron chi connectivity index (χ0n) is 13.4. The predicted octanol–water partition coefficient (Wildman–Crippen LogP) is 4.84. The number of carbonyl (C=O) groups excluding carboxylic acids is 1. The van der Waals surface area contributed by atoms with Crippen LogP contribution in [0.15, 0.2) is 46.9 Å². The van der Waals surface area contributed by atoms with Crippen molar-refractivity contribution in [2.24, 2.45) is 0 Å². The number of benzene rings is 2. The monoisotopic (exact) mass is 427 g/mol. The third-order valence-corrected chi connectivity index (χ3v) is 5.03. The fourth-order valence-electron chi connectivity index (χ4n) is 1.92. The molecule has 0 spiro atoms. The van der Waals surface area contributed by atoms with Gasteiger partial charge in [0.1, 0.15) is 5.75 Å². The molecule has 0 fully saturated rings. The van der Waals surface area contributed by atoms with Gasteiger partial charge in [-0.15, -0.1) is 0 Å². The number of amides is 1. The van der Waals surface area contributed by atoms with Gasteiger partial charge in [0, 0.05) is 22.5 Å². The Balaban J connectivity index is 1.60. The molecule has 1 amide bonds. The average Bonchev–Trinajstić information content (AvgIpc) is 2.55. The molecule has 0 radical (unpaired) electrons. The van der Waals surface area contributed by atoms with Crippen LogP contribution in [0, 0.1) is 6.92 Å². The fourth-order valence-corrected chi connectivity index (χ4v) is 3.47. The number of thioether (sulfide) groups is 1. The Morgan fingerprint density at radius 3 is 2.71 bits per heavy atom. The SMILES string of the molecule is Cc1ccc(CSCCNC(=O)COc2ccc(Br)cc2Cl)cc1. The van der Waals surface area contributed by atoms with Crippen LogP contribution in [0.25, 0.3) is 0 Å². The Kier molecular flexibility index (Phi) is 7.95. The van der Waals surface area contributed by atoms with Crippen LogP contribution in [0.3, 0.4) is 0 Å². The zero-order valence-corrected chi connectivity index (χ0v) is 16.5. The van der Waals surface area contributed by atoms with E-state index in [0.29, 0.717) is 17.3 Å². The first-order valence-electron chi connectivity index (χ1n) is 7.52. The lowest BCUT2D eigenvalue weighted by atomic mass is 10.2. The van der Waals surface area contributed by atoms with Gasteiger partial charge in [-0.05, 0) is 30.7 Å². The van der Waals surface area contributed by atoms with Crippen molar-refractivity contribution in [1.82, 2.24) is 5.32 Å². The van der Waals surface area contributed by atoms with Crippen molar-refractivity contribution in [2.45, 2.75) is 12.7 Å². The Labute approximate surface area is 160 Å². The molecule has 2 aromatic rings. The van der Waals surface area contributed by atoms with E-state index < -0.39 is 0 Å². The van der Waals surface area contributed by atoms with Gasteiger partial charge < -0.3 is 10.1 Å². The second-order valence-electron chi connectivity index (χ2n) is 5.25. The van der Waals surface area contributed by atoms with Gasteiger partial charge in [0.05, 0.1) is 5.02 Å². The molecule has 0 aliphatic carbocycles. The van der Waals surface area contributed by atoms with Crippen LogP contribution in [0.4, 0.5) is 0 Å². The predicted molar refractivity (Wildman–Crippen MR) is 105 cm³/mol. The lowest BCUT2D eigenvalue weighted by molar-refractivity contribution is -0.122. The van der Waals surface area contributed by atoms with E-state index in [1.165, 1.54) is 11.1 Å². The molecule has 0 aliphatic heterocycles. The lowest BCUT2D eigenvalue weighted by Gasteiger charge is -2.09. The summed E-state index contributed by atoms with van der Waals surface area (Å²) in [6, 6.07) is 13.8. The highest BCUT2D eigenvalue weighted by Crippen LogP contribution is 2.27. The largest absolute Gasteiger partial charge is 0.482 e. The number of nitrogens with one attached hydrogen (secondary N) is 1. The van der Waals surface area contributed by atoms with E-state index in [9.17, 15) is 4.79 Å². The molecule has 2 rings (SSSR count). The Morgan fingerprint density at radius 2 is 2.00 bits per heavy atom. The third kappa shape index (κ3) is 6.75. The van der Waals surface area contributed by atoms with Crippen LogP contribution >= 0.6 is 39.3 Å². The van der Waals surface area contributed by atoms with Crippen LogP contribution in [0.2, 0.25) is 5.02 Å². The topological polar surface area (TPSA) is 38.3 Å². The molecular weight excluding hydrogens is 410 g/mol. The van der Waals surface area contributed by atoms with Crippen molar-refractivity contribution in [3.63, 3.8) is 0 Å². The first kappa shape index (κ1) is 19.2. The van der Waals surface area contributed by atoms with Crippen molar-refractivity contribution in [3.05, 3.63) is 63.1 Å². The Bertz CT molecular complexity index is 679. The summed E-state index contributed by atoms with van der Waals surface area (Å²) in [5.74, 6) is 2.16. The highest BCUT2D eigenvalue weighted by molar-refractivity contribution is 9.10. The van der Waals surface area contributed by atoms with Crippen molar-refractivity contribution < 1.29 is 9.53 Å². The number of rotatable bonds is 8. The average molecular weight is 429 g/mol. The minimum Gasteiger partial charge on any atom is -0.482 e. The first-order valence-corrected chi connectivity index (χ1v) is 9.85. The molecule has 0 unspecified atom stereocenters. The number of ether oxygens (including phenoxy) is 1. The molecule has 3 nitrogen and oxygen atoms in total. The van der Waals surface area contributed by atoms with Crippen molar-refractivity contribution in [2.75, 3.05) is 18.9 Å². The summed E-state index contributed by atoms with van der Waals surface area (Å²) in [4.78, 5) is 11.8. The van der Waals surface area contributed by atoms with Gasteiger partial charge in [0.2, 0.25) is 0 Å². The molecule has 24 heavy (non-hydrogen) atoms. The molecule has 0 heterocycles. The number of hydrogen-bond acceptors (Lipinski definition) is 3. The van der Waals surface area contributed by atoms with Gasteiger partial charge in [0.15, 0.2) is 6.61 Å². The van der Waals surface area contributed by atoms with E-state index in [-0.39, 0.29) is 12.5 Å². The van der Waals surface area contributed by atoms with Crippen molar-refractivity contribution in [1.29, 1.82) is 0 Å². The van der Waals surface area contributed by atoms with Gasteiger partial charge in [-0.3, -0.25) is 4.79 Å². The van der Waals surface area contributed by atoms with Crippen LogP contribution in [-0.2, 0) is 10.5 Å². The smallest absolute Gasteiger partial charge is 0.257 e. The highest BCUT2D eigenvalue weighted by Gasteiger charge is 2.06. The molecule has 1 N–H and O–H groups in total. The molecule has 128 valence electrons. The number of carbonyl (C=O) groups is 1. The quantitative estimate of drug-likeness (QED) is 0.611. The van der Waals surface area contributed by atoms with E-state index in [4.69, 9.17) is 16.3 Å². The number of halogens is 2. The summed E-state index contributed by atoms with van der Waals surface area (Å²) in [5.41, 5.74) is 2.56. The molecule has 6 heteroatoms. The standard InChI is InChI=1S/C18H19BrClNO2S/c1-13-2-4-14(5-3-13)12-24-9-8-21-18(22)11-23-17-7-6-15(19)10-16(17)20/h2-7,10H,8-9,11-12H2,1H3,(H,21,22).